The van der Waals surface area contributed by atoms with Crippen LogP contribution >= 0.6 is 35.0 Å². The molecule has 28 heavy (non-hydrogen) atoms. The maximum Gasteiger partial charge on any atom is 0.226 e. The molecule has 1 N–H and O–H groups in total. The lowest BCUT2D eigenvalue weighted by molar-refractivity contribution is -0.133. The Morgan fingerprint density at radius 2 is 2.18 bits per heavy atom. The number of thioether (sulfide) groups is 1. The molecule has 148 valence electrons. The van der Waals surface area contributed by atoms with Gasteiger partial charge in [-0.3, -0.25) is 4.79 Å². The molecule has 4 rings (SSSR count). The Morgan fingerprint density at radius 1 is 1.36 bits per heavy atom. The van der Waals surface area contributed by atoms with E-state index in [1.165, 1.54) is 11.8 Å². The van der Waals surface area contributed by atoms with Crippen molar-refractivity contribution in [3.8, 4) is 5.88 Å². The van der Waals surface area contributed by atoms with Gasteiger partial charge in [-0.2, -0.15) is 4.98 Å². The van der Waals surface area contributed by atoms with Gasteiger partial charge in [0.25, 0.3) is 0 Å². The maximum absolute atomic E-state index is 12.6. The number of carbonyl (C=O) groups is 1. The van der Waals surface area contributed by atoms with Crippen LogP contribution in [-0.2, 0) is 17.9 Å². The minimum absolute atomic E-state index is 0.164. The zero-order valence-electron chi connectivity index (χ0n) is 15.4. The third kappa shape index (κ3) is 4.31. The molecule has 0 atom stereocenters. The number of anilines is 1. The number of rotatable bonds is 5. The van der Waals surface area contributed by atoms with Crippen LogP contribution in [0.3, 0.4) is 0 Å². The summed E-state index contributed by atoms with van der Waals surface area (Å²) in [5.41, 5.74) is 1.71. The minimum Gasteiger partial charge on any atom is -0.475 e. The van der Waals surface area contributed by atoms with E-state index in [2.05, 4.69) is 15.3 Å². The predicted octanol–water partition coefficient (Wildman–Crippen LogP) is 4.25. The van der Waals surface area contributed by atoms with E-state index >= 15 is 0 Å². The van der Waals surface area contributed by atoms with Crippen LogP contribution in [0.1, 0.15) is 24.0 Å². The van der Waals surface area contributed by atoms with Crippen molar-refractivity contribution in [2.45, 2.75) is 31.1 Å². The van der Waals surface area contributed by atoms with E-state index in [-0.39, 0.29) is 11.8 Å². The molecule has 0 saturated heterocycles. The van der Waals surface area contributed by atoms with Gasteiger partial charge in [0.15, 0.2) is 5.16 Å². The number of nitrogens with zero attached hydrogens (tertiary/aromatic N) is 3. The van der Waals surface area contributed by atoms with Crippen molar-refractivity contribution in [1.29, 1.82) is 0 Å². The molecule has 1 amide bonds. The van der Waals surface area contributed by atoms with Gasteiger partial charge in [0.2, 0.25) is 11.8 Å². The lowest BCUT2D eigenvalue weighted by Gasteiger charge is -2.21. The van der Waals surface area contributed by atoms with Gasteiger partial charge < -0.3 is 15.0 Å². The average Bonchev–Trinajstić information content (AvgIpc) is 3.53. The number of benzene rings is 1. The van der Waals surface area contributed by atoms with Crippen molar-refractivity contribution < 1.29 is 9.53 Å². The van der Waals surface area contributed by atoms with E-state index in [0.717, 1.165) is 24.0 Å². The molecule has 1 aromatic heterocycles. The molecule has 1 aliphatic heterocycles. The fourth-order valence-electron chi connectivity index (χ4n) is 3.09. The normalized spacial score (nSPS) is 16.2. The predicted molar refractivity (Wildman–Crippen MR) is 111 cm³/mol. The molecule has 1 aromatic carbocycles. The summed E-state index contributed by atoms with van der Waals surface area (Å²) >= 11 is 13.7. The topological polar surface area (TPSA) is 67.4 Å². The first kappa shape index (κ1) is 19.6. The van der Waals surface area contributed by atoms with Crippen LogP contribution in [0.5, 0.6) is 5.88 Å². The van der Waals surface area contributed by atoms with Crippen LogP contribution < -0.4 is 10.1 Å². The summed E-state index contributed by atoms with van der Waals surface area (Å²) in [5.74, 6) is 1.56. The number of hydrogen-bond donors (Lipinski definition) is 1. The van der Waals surface area contributed by atoms with Gasteiger partial charge in [0.05, 0.1) is 18.7 Å². The van der Waals surface area contributed by atoms with Crippen molar-refractivity contribution in [3.63, 3.8) is 0 Å². The smallest absolute Gasteiger partial charge is 0.226 e. The molecule has 1 aliphatic carbocycles. The van der Waals surface area contributed by atoms with Crippen LogP contribution in [0.25, 0.3) is 0 Å². The molecule has 6 nitrogen and oxygen atoms in total. The SMILES string of the molecule is CSc1nc(NCc2ccc(Cl)cc2Cl)c2c(n1)OCCN(C(=O)C1CC1)C2. The van der Waals surface area contributed by atoms with E-state index in [0.29, 0.717) is 53.1 Å². The first-order valence-corrected chi connectivity index (χ1v) is 11.1. The second kappa shape index (κ2) is 8.35. The Hall–Kier alpha value is -1.70. The highest BCUT2D eigenvalue weighted by Gasteiger charge is 2.35. The molecule has 0 spiro atoms. The van der Waals surface area contributed by atoms with Crippen LogP contribution in [0.2, 0.25) is 10.0 Å². The summed E-state index contributed by atoms with van der Waals surface area (Å²) in [6.07, 6.45) is 3.87. The van der Waals surface area contributed by atoms with Gasteiger partial charge >= 0.3 is 0 Å². The van der Waals surface area contributed by atoms with Gasteiger partial charge in [-0.05, 0) is 36.8 Å². The highest BCUT2D eigenvalue weighted by Crippen LogP contribution is 2.35. The van der Waals surface area contributed by atoms with E-state index < -0.39 is 0 Å². The van der Waals surface area contributed by atoms with Crippen molar-refractivity contribution >= 4 is 46.7 Å². The quantitative estimate of drug-likeness (QED) is 0.555. The number of aromatic nitrogens is 2. The Morgan fingerprint density at radius 3 is 2.89 bits per heavy atom. The van der Waals surface area contributed by atoms with Crippen LogP contribution in [-0.4, -0.2) is 40.2 Å². The zero-order valence-corrected chi connectivity index (χ0v) is 17.7. The Bertz CT molecular complexity index is 908. The molecule has 2 aliphatic rings. The molecule has 9 heteroatoms. The number of amides is 1. The summed E-state index contributed by atoms with van der Waals surface area (Å²) in [6.45, 7) is 1.90. The van der Waals surface area contributed by atoms with Crippen molar-refractivity contribution in [2.75, 3.05) is 24.7 Å². The highest BCUT2D eigenvalue weighted by molar-refractivity contribution is 7.98. The van der Waals surface area contributed by atoms with Crippen molar-refractivity contribution in [2.24, 2.45) is 5.92 Å². The number of nitrogens with one attached hydrogen (secondary N) is 1. The number of ether oxygens (including phenoxy) is 1. The van der Waals surface area contributed by atoms with Crippen LogP contribution in [0.15, 0.2) is 23.4 Å². The maximum atomic E-state index is 12.6. The van der Waals surface area contributed by atoms with E-state index in [1.54, 1.807) is 12.1 Å². The summed E-state index contributed by atoms with van der Waals surface area (Å²) < 4.78 is 5.86. The molecule has 2 heterocycles. The van der Waals surface area contributed by atoms with Gasteiger partial charge in [0, 0.05) is 22.5 Å². The third-order valence-corrected chi connectivity index (χ3v) is 5.91. The number of halogens is 2. The molecule has 1 saturated carbocycles. The standard InChI is InChI=1S/C19H20Cl2N4O2S/c1-28-19-23-16(22-9-12-4-5-13(20)8-15(12)21)14-10-25(18(26)11-2-3-11)6-7-27-17(14)24-19/h4-5,8,11H,2-3,6-7,9-10H2,1H3,(H,22,23,24). The van der Waals surface area contributed by atoms with Gasteiger partial charge in [-0.25, -0.2) is 4.98 Å². The van der Waals surface area contributed by atoms with E-state index in [9.17, 15) is 4.79 Å². The van der Waals surface area contributed by atoms with Crippen LogP contribution in [0.4, 0.5) is 5.82 Å². The fraction of sp³-hybridized carbons (Fsp3) is 0.421. The van der Waals surface area contributed by atoms with Gasteiger partial charge in [-0.15, -0.1) is 0 Å². The fourth-order valence-corrected chi connectivity index (χ4v) is 3.92. The lowest BCUT2D eigenvalue weighted by atomic mass is 10.2. The molecule has 0 bridgehead atoms. The van der Waals surface area contributed by atoms with Crippen molar-refractivity contribution in [3.05, 3.63) is 39.4 Å². The first-order valence-electron chi connectivity index (χ1n) is 9.09. The highest BCUT2D eigenvalue weighted by atomic mass is 35.5. The zero-order chi connectivity index (χ0) is 19.7. The number of hydrogen-bond acceptors (Lipinski definition) is 6. The Balaban J connectivity index is 1.61. The Labute approximate surface area is 178 Å². The average molecular weight is 439 g/mol. The second-order valence-electron chi connectivity index (χ2n) is 6.81. The molecular weight excluding hydrogens is 419 g/mol. The van der Waals surface area contributed by atoms with E-state index in [4.69, 9.17) is 27.9 Å². The Kier molecular flexibility index (Phi) is 5.85. The van der Waals surface area contributed by atoms with E-state index in [1.807, 2.05) is 17.2 Å². The summed E-state index contributed by atoms with van der Waals surface area (Å²) in [6, 6.07) is 5.40. The first-order chi connectivity index (χ1) is 13.5. The minimum atomic E-state index is 0.164. The van der Waals surface area contributed by atoms with Crippen molar-refractivity contribution in [1.82, 2.24) is 14.9 Å². The molecule has 2 aromatic rings. The molecule has 1 fully saturated rings. The van der Waals surface area contributed by atoms with Crippen LogP contribution in [0, 0.1) is 5.92 Å². The lowest BCUT2D eigenvalue weighted by Crippen LogP contribution is -2.33. The second-order valence-corrected chi connectivity index (χ2v) is 8.43. The van der Waals surface area contributed by atoms with Gasteiger partial charge in [-0.1, -0.05) is 41.0 Å². The monoisotopic (exact) mass is 438 g/mol. The number of carbonyl (C=O) groups excluding carboxylic acids is 1. The number of fused-ring (bicyclic) bond motifs is 1. The summed E-state index contributed by atoms with van der Waals surface area (Å²) in [7, 11) is 0. The summed E-state index contributed by atoms with van der Waals surface area (Å²) in [4.78, 5) is 23.6. The largest absolute Gasteiger partial charge is 0.475 e. The summed E-state index contributed by atoms with van der Waals surface area (Å²) in [5, 5.41) is 5.15. The third-order valence-electron chi connectivity index (χ3n) is 4.78. The molecule has 0 unspecified atom stereocenters. The van der Waals surface area contributed by atoms with Gasteiger partial charge in [0.1, 0.15) is 12.4 Å². The molecular formula is C19H20Cl2N4O2S. The molecule has 0 radical (unpaired) electrons.